The number of nitrogens with one attached hydrogen (secondary N) is 2. The first kappa shape index (κ1) is 26.6. The van der Waals surface area contributed by atoms with E-state index in [1.165, 1.54) is 49.0 Å². The van der Waals surface area contributed by atoms with Crippen LogP contribution in [0.5, 0.6) is 5.75 Å². The molecule has 1 fully saturated rings. The summed E-state index contributed by atoms with van der Waals surface area (Å²) in [7, 11) is 0. The van der Waals surface area contributed by atoms with Gasteiger partial charge in [-0.15, -0.1) is 0 Å². The van der Waals surface area contributed by atoms with E-state index in [9.17, 15) is 4.79 Å². The lowest BCUT2D eigenvalue weighted by atomic mass is 9.84. The van der Waals surface area contributed by atoms with Crippen molar-refractivity contribution in [2.75, 3.05) is 13.2 Å². The fraction of sp³-hybridized carbons (Fsp3) is 0.630. The molecule has 1 heterocycles. The van der Waals surface area contributed by atoms with Gasteiger partial charge in [0.1, 0.15) is 18.0 Å². The number of carbonyl (C=O) groups is 1. The van der Waals surface area contributed by atoms with Crippen molar-refractivity contribution in [1.29, 1.82) is 0 Å². The molecule has 2 aliphatic rings. The summed E-state index contributed by atoms with van der Waals surface area (Å²) in [4.78, 5) is 17.8. The number of amides is 1. The highest BCUT2D eigenvalue weighted by Gasteiger charge is 2.24. The van der Waals surface area contributed by atoms with Crippen LogP contribution in [-0.2, 0) is 4.74 Å². The van der Waals surface area contributed by atoms with Crippen molar-refractivity contribution in [2.24, 2.45) is 10.9 Å². The number of rotatable bonds is 8. The minimum atomic E-state index is -0.511. The van der Waals surface area contributed by atoms with Crippen LogP contribution in [0.15, 0.2) is 34.3 Å². The van der Waals surface area contributed by atoms with E-state index in [1.807, 2.05) is 26.8 Å². The van der Waals surface area contributed by atoms with Gasteiger partial charge >= 0.3 is 6.09 Å². The molecule has 1 aliphatic heterocycles. The molecule has 0 bridgehead atoms. The van der Waals surface area contributed by atoms with Gasteiger partial charge in [-0.1, -0.05) is 19.3 Å². The molecule has 3 rings (SSSR count). The van der Waals surface area contributed by atoms with Gasteiger partial charge in [0.2, 0.25) is 0 Å². The van der Waals surface area contributed by atoms with E-state index in [0.29, 0.717) is 19.1 Å². The molecule has 0 unspecified atom stereocenters. The summed E-state index contributed by atoms with van der Waals surface area (Å²) in [6.45, 7) is 12.7. The minimum Gasteiger partial charge on any atom is -0.492 e. The van der Waals surface area contributed by atoms with Crippen LogP contribution in [0.2, 0.25) is 0 Å². The van der Waals surface area contributed by atoms with Crippen molar-refractivity contribution in [2.45, 2.75) is 96.1 Å². The third-order valence-electron chi connectivity index (χ3n) is 5.64. The van der Waals surface area contributed by atoms with E-state index >= 15 is 0 Å². The molecule has 1 aromatic rings. The number of benzene rings is 1. The molecule has 1 amide bonds. The number of hydrogen-bond acceptors (Lipinski definition) is 6. The lowest BCUT2D eigenvalue weighted by Crippen LogP contribution is -2.34. The van der Waals surface area contributed by atoms with Gasteiger partial charge in [0.25, 0.3) is 0 Å². The summed E-state index contributed by atoms with van der Waals surface area (Å²) in [5.74, 6) is 1.42. The van der Waals surface area contributed by atoms with E-state index in [4.69, 9.17) is 14.5 Å². The van der Waals surface area contributed by atoms with Crippen molar-refractivity contribution >= 4 is 29.3 Å². The highest BCUT2D eigenvalue weighted by Crippen LogP contribution is 2.37. The Kier molecular flexibility index (Phi) is 9.10. The third-order valence-corrected chi connectivity index (χ3v) is 6.91. The highest BCUT2D eigenvalue weighted by atomic mass is 32.2. The van der Waals surface area contributed by atoms with Crippen molar-refractivity contribution in [3.8, 4) is 5.75 Å². The minimum absolute atomic E-state index is 0.0239. The van der Waals surface area contributed by atoms with Gasteiger partial charge in [-0.25, -0.2) is 4.79 Å². The second-order valence-electron chi connectivity index (χ2n) is 11.2. The van der Waals surface area contributed by atoms with Crippen LogP contribution < -0.4 is 14.8 Å². The van der Waals surface area contributed by atoms with Crippen molar-refractivity contribution in [3.63, 3.8) is 0 Å². The Labute approximate surface area is 209 Å². The maximum Gasteiger partial charge on any atom is 0.407 e. The molecule has 6 nitrogen and oxygen atoms in total. The van der Waals surface area contributed by atoms with Gasteiger partial charge in [-0.3, -0.25) is 9.71 Å². The van der Waals surface area contributed by atoms with Crippen LogP contribution in [0.4, 0.5) is 4.79 Å². The number of hydrogen-bond donors (Lipinski definition) is 2. The number of carbonyl (C=O) groups excluding carboxylic acids is 1. The van der Waals surface area contributed by atoms with E-state index in [-0.39, 0.29) is 5.54 Å². The van der Waals surface area contributed by atoms with Gasteiger partial charge in [0.05, 0.1) is 6.54 Å². The molecule has 34 heavy (non-hydrogen) atoms. The predicted octanol–water partition coefficient (Wildman–Crippen LogP) is 6.75. The summed E-state index contributed by atoms with van der Waals surface area (Å²) < 4.78 is 14.7. The summed E-state index contributed by atoms with van der Waals surface area (Å²) in [6.07, 6.45) is 9.13. The Morgan fingerprint density at radius 1 is 1.12 bits per heavy atom. The van der Waals surface area contributed by atoms with Crippen LogP contribution in [0.3, 0.4) is 0 Å². The SMILES string of the molecule is CC(C)(C)NSc1cc(OCCNC(=O)OC(C)(C)C)ccc1C1=CN=C(C2CCCCC2)C1. The lowest BCUT2D eigenvalue weighted by molar-refractivity contribution is 0.0520. The van der Waals surface area contributed by atoms with Gasteiger partial charge in [-0.05, 0) is 102 Å². The van der Waals surface area contributed by atoms with Crippen LogP contribution in [-0.4, -0.2) is 36.1 Å². The summed E-state index contributed by atoms with van der Waals surface area (Å²) in [5, 5.41) is 2.73. The summed E-state index contributed by atoms with van der Waals surface area (Å²) >= 11 is 1.63. The van der Waals surface area contributed by atoms with Crippen LogP contribution in [0.1, 0.15) is 85.6 Å². The summed E-state index contributed by atoms with van der Waals surface area (Å²) in [5.41, 5.74) is 3.29. The number of nitrogens with zero attached hydrogens (tertiary/aromatic N) is 1. The van der Waals surface area contributed by atoms with E-state index in [0.717, 1.165) is 17.1 Å². The molecule has 2 N–H and O–H groups in total. The maximum atomic E-state index is 11.8. The summed E-state index contributed by atoms with van der Waals surface area (Å²) in [6, 6.07) is 6.21. The van der Waals surface area contributed by atoms with Crippen LogP contribution >= 0.6 is 11.9 Å². The highest BCUT2D eigenvalue weighted by molar-refractivity contribution is 7.97. The molecule has 0 radical (unpaired) electrons. The van der Waals surface area contributed by atoms with Gasteiger partial charge in [-0.2, -0.15) is 0 Å². The average molecular weight is 488 g/mol. The monoisotopic (exact) mass is 487 g/mol. The molecule has 0 saturated heterocycles. The Balaban J connectivity index is 1.62. The first-order valence-electron chi connectivity index (χ1n) is 12.4. The fourth-order valence-corrected chi connectivity index (χ4v) is 4.98. The maximum absolute atomic E-state index is 11.8. The molecule has 1 saturated carbocycles. The average Bonchev–Trinajstić information content (AvgIpc) is 3.24. The molecule has 7 heteroatoms. The molecule has 1 aromatic carbocycles. The molecular weight excluding hydrogens is 446 g/mol. The first-order chi connectivity index (χ1) is 16.0. The van der Waals surface area contributed by atoms with Crippen molar-refractivity contribution in [3.05, 3.63) is 30.0 Å². The second-order valence-corrected chi connectivity index (χ2v) is 12.0. The fourth-order valence-electron chi connectivity index (χ4n) is 4.08. The Bertz CT molecular complexity index is 907. The van der Waals surface area contributed by atoms with E-state index < -0.39 is 11.7 Å². The smallest absolute Gasteiger partial charge is 0.407 e. The molecule has 0 aromatic heterocycles. The largest absolute Gasteiger partial charge is 0.492 e. The first-order valence-corrected chi connectivity index (χ1v) is 13.3. The third kappa shape index (κ3) is 8.66. The zero-order valence-electron chi connectivity index (χ0n) is 21.6. The van der Waals surface area contributed by atoms with Gasteiger partial charge in [0.15, 0.2) is 0 Å². The standard InChI is InChI=1S/C27H41N3O3S/c1-26(2,3)30-34-24-17-21(32-15-14-28-25(31)33-27(4,5)6)12-13-22(24)20-16-23(29-18-20)19-10-8-7-9-11-19/h12-13,17-19,30H,7-11,14-16H2,1-6H3,(H,28,31). The second kappa shape index (κ2) is 11.6. The number of ether oxygens (including phenoxy) is 2. The van der Waals surface area contributed by atoms with Crippen molar-refractivity contribution < 1.29 is 14.3 Å². The van der Waals surface area contributed by atoms with Gasteiger partial charge in [0, 0.05) is 28.8 Å². The molecule has 0 atom stereocenters. The molecule has 0 spiro atoms. The van der Waals surface area contributed by atoms with E-state index in [2.05, 4.69) is 49.1 Å². The quantitative estimate of drug-likeness (QED) is 0.313. The number of allylic oxidation sites excluding steroid dienone is 1. The Morgan fingerprint density at radius 3 is 2.53 bits per heavy atom. The topological polar surface area (TPSA) is 72.0 Å². The Morgan fingerprint density at radius 2 is 1.85 bits per heavy atom. The van der Waals surface area contributed by atoms with E-state index in [1.54, 1.807) is 11.9 Å². The van der Waals surface area contributed by atoms with Crippen LogP contribution in [0, 0.1) is 5.92 Å². The Hall–Kier alpha value is -1.99. The van der Waals surface area contributed by atoms with Crippen molar-refractivity contribution in [1.82, 2.24) is 10.0 Å². The predicted molar refractivity (Wildman–Crippen MR) is 142 cm³/mol. The zero-order valence-corrected chi connectivity index (χ0v) is 22.4. The normalized spacial score (nSPS) is 17.2. The number of alkyl carbamates (subject to hydrolysis) is 1. The zero-order chi connectivity index (χ0) is 24.8. The van der Waals surface area contributed by atoms with Gasteiger partial charge < -0.3 is 14.8 Å². The lowest BCUT2D eigenvalue weighted by Gasteiger charge is -2.23. The van der Waals surface area contributed by atoms with Crippen LogP contribution in [0.25, 0.3) is 5.57 Å². The molecule has 188 valence electrons. The molecular formula is C27H41N3O3S. The number of aliphatic imine (C=N–C) groups is 1. The molecule has 1 aliphatic carbocycles.